The number of amides is 1. The van der Waals surface area contributed by atoms with Gasteiger partial charge < -0.3 is 10.1 Å². The molecule has 112 valence electrons. The van der Waals surface area contributed by atoms with E-state index in [0.29, 0.717) is 17.0 Å². The largest absolute Gasteiger partial charge is 0.423 e. The van der Waals surface area contributed by atoms with Crippen LogP contribution >= 0.6 is 27.7 Å². The molecular formula is C16H12BrNO3S. The molecule has 1 amide bonds. The molecule has 1 atom stereocenters. The zero-order valence-electron chi connectivity index (χ0n) is 11.6. The van der Waals surface area contributed by atoms with Crippen molar-refractivity contribution in [3.05, 3.63) is 52.5 Å². The van der Waals surface area contributed by atoms with E-state index in [1.807, 2.05) is 13.0 Å². The van der Waals surface area contributed by atoms with Gasteiger partial charge in [0.15, 0.2) is 0 Å². The molecule has 2 aromatic rings. The zero-order valence-corrected chi connectivity index (χ0v) is 14.0. The number of anilines is 1. The Kier molecular flexibility index (Phi) is 4.22. The summed E-state index contributed by atoms with van der Waals surface area (Å²) in [6, 6.07) is 12.2. The molecule has 0 aliphatic carbocycles. The third-order valence-electron chi connectivity index (χ3n) is 3.17. The third kappa shape index (κ3) is 3.18. The maximum absolute atomic E-state index is 12.2. The maximum atomic E-state index is 12.2. The Labute approximate surface area is 140 Å². The van der Waals surface area contributed by atoms with E-state index in [2.05, 4.69) is 21.2 Å². The lowest BCUT2D eigenvalue weighted by Gasteiger charge is -2.21. The fraction of sp³-hybridized carbons (Fsp3) is 0.125. The lowest BCUT2D eigenvalue weighted by Crippen LogP contribution is -2.26. The van der Waals surface area contributed by atoms with Gasteiger partial charge in [-0.05, 0) is 49.4 Å². The molecule has 0 saturated heterocycles. The van der Waals surface area contributed by atoms with E-state index >= 15 is 0 Å². The minimum Gasteiger partial charge on any atom is -0.423 e. The second-order valence-electron chi connectivity index (χ2n) is 4.80. The number of ether oxygens (including phenoxy) is 1. The number of benzene rings is 2. The molecule has 6 heteroatoms. The summed E-state index contributed by atoms with van der Waals surface area (Å²) in [6.07, 6.45) is 0. The Morgan fingerprint density at radius 3 is 2.68 bits per heavy atom. The van der Waals surface area contributed by atoms with Gasteiger partial charge in [-0.3, -0.25) is 4.79 Å². The number of fused-ring (bicyclic) bond motifs is 1. The van der Waals surface area contributed by atoms with E-state index in [1.54, 1.807) is 36.4 Å². The van der Waals surface area contributed by atoms with Crippen molar-refractivity contribution in [2.75, 3.05) is 5.32 Å². The molecule has 0 fully saturated rings. The predicted molar refractivity (Wildman–Crippen MR) is 89.5 cm³/mol. The first-order valence-corrected chi connectivity index (χ1v) is 8.29. The molecular weight excluding hydrogens is 366 g/mol. The van der Waals surface area contributed by atoms with Crippen molar-refractivity contribution in [2.24, 2.45) is 0 Å². The van der Waals surface area contributed by atoms with Gasteiger partial charge in [0, 0.05) is 9.37 Å². The monoisotopic (exact) mass is 377 g/mol. The fourth-order valence-corrected chi connectivity index (χ4v) is 3.20. The van der Waals surface area contributed by atoms with Crippen LogP contribution in [0.4, 0.5) is 5.69 Å². The molecule has 0 spiro atoms. The smallest absolute Gasteiger partial charge is 0.343 e. The Balaban J connectivity index is 1.80. The Morgan fingerprint density at radius 2 is 1.95 bits per heavy atom. The first-order valence-electron chi connectivity index (χ1n) is 6.62. The zero-order chi connectivity index (χ0) is 15.7. The summed E-state index contributed by atoms with van der Waals surface area (Å²) in [4.78, 5) is 24.8. The van der Waals surface area contributed by atoms with Gasteiger partial charge in [-0.2, -0.15) is 0 Å². The Morgan fingerprint density at radius 1 is 1.23 bits per heavy atom. The molecule has 1 aliphatic heterocycles. The molecule has 4 nitrogen and oxygen atoms in total. The van der Waals surface area contributed by atoms with Crippen LogP contribution in [0, 0.1) is 0 Å². The van der Waals surface area contributed by atoms with Gasteiger partial charge in [-0.1, -0.05) is 15.9 Å². The van der Waals surface area contributed by atoms with Gasteiger partial charge in [0.05, 0.1) is 16.5 Å². The number of hydrogen-bond acceptors (Lipinski definition) is 4. The van der Waals surface area contributed by atoms with Crippen LogP contribution in [0.2, 0.25) is 0 Å². The number of rotatable bonds is 2. The third-order valence-corrected chi connectivity index (χ3v) is 4.88. The summed E-state index contributed by atoms with van der Waals surface area (Å²) in [7, 11) is 0. The summed E-state index contributed by atoms with van der Waals surface area (Å²) >= 11 is 4.80. The molecule has 0 aromatic heterocycles. The van der Waals surface area contributed by atoms with E-state index in [-0.39, 0.29) is 11.2 Å². The quantitative estimate of drug-likeness (QED) is 0.632. The van der Waals surface area contributed by atoms with E-state index < -0.39 is 5.97 Å². The fourth-order valence-electron chi connectivity index (χ4n) is 2.00. The van der Waals surface area contributed by atoms with Gasteiger partial charge in [-0.15, -0.1) is 11.8 Å². The van der Waals surface area contributed by atoms with Crippen molar-refractivity contribution < 1.29 is 14.3 Å². The van der Waals surface area contributed by atoms with Gasteiger partial charge in [0.2, 0.25) is 5.91 Å². The van der Waals surface area contributed by atoms with Gasteiger partial charge in [0.1, 0.15) is 5.75 Å². The number of carbonyl (C=O) groups is 2. The molecule has 1 unspecified atom stereocenters. The normalized spacial score (nSPS) is 16.6. The molecule has 1 aliphatic rings. The maximum Gasteiger partial charge on any atom is 0.343 e. The number of hydrogen-bond donors (Lipinski definition) is 1. The molecule has 1 N–H and O–H groups in total. The first-order chi connectivity index (χ1) is 10.5. The SMILES string of the molecule is CC1Sc2ccc(C(=O)Oc3ccc(Br)cc3)cc2NC1=O. The second kappa shape index (κ2) is 6.14. The lowest BCUT2D eigenvalue weighted by molar-refractivity contribution is -0.115. The number of thioether (sulfide) groups is 1. The van der Waals surface area contributed by atoms with E-state index in [9.17, 15) is 9.59 Å². The van der Waals surface area contributed by atoms with Gasteiger partial charge in [0.25, 0.3) is 0 Å². The molecule has 3 rings (SSSR count). The minimum atomic E-state index is -0.456. The molecule has 0 saturated carbocycles. The van der Waals surface area contributed by atoms with Gasteiger partial charge in [-0.25, -0.2) is 4.79 Å². The minimum absolute atomic E-state index is 0.0593. The highest BCUT2D eigenvalue weighted by Gasteiger charge is 2.24. The average Bonchev–Trinajstić information content (AvgIpc) is 2.50. The Bertz CT molecular complexity index is 746. The van der Waals surface area contributed by atoms with Crippen molar-refractivity contribution in [2.45, 2.75) is 17.1 Å². The van der Waals surface area contributed by atoms with Crippen LogP contribution in [0.1, 0.15) is 17.3 Å². The molecule has 2 aromatic carbocycles. The van der Waals surface area contributed by atoms with E-state index in [1.165, 1.54) is 11.8 Å². The molecule has 0 radical (unpaired) electrons. The van der Waals surface area contributed by atoms with Crippen LogP contribution in [0.3, 0.4) is 0 Å². The predicted octanol–water partition coefficient (Wildman–Crippen LogP) is 4.10. The number of carbonyl (C=O) groups excluding carboxylic acids is 2. The molecule has 1 heterocycles. The number of nitrogens with one attached hydrogen (secondary N) is 1. The highest BCUT2D eigenvalue weighted by molar-refractivity contribution is 9.10. The summed E-state index contributed by atoms with van der Waals surface area (Å²) in [6.45, 7) is 1.85. The van der Waals surface area contributed by atoms with Crippen molar-refractivity contribution in [1.82, 2.24) is 0 Å². The van der Waals surface area contributed by atoms with Gasteiger partial charge >= 0.3 is 5.97 Å². The average molecular weight is 378 g/mol. The van der Waals surface area contributed by atoms with E-state index in [0.717, 1.165) is 9.37 Å². The highest BCUT2D eigenvalue weighted by atomic mass is 79.9. The van der Waals surface area contributed by atoms with Crippen LogP contribution < -0.4 is 10.1 Å². The topological polar surface area (TPSA) is 55.4 Å². The van der Waals surface area contributed by atoms with Crippen LogP contribution in [0.15, 0.2) is 51.8 Å². The summed E-state index contributed by atoms with van der Waals surface area (Å²) in [5.74, 6) is -0.0446. The second-order valence-corrected chi connectivity index (χ2v) is 7.10. The van der Waals surface area contributed by atoms with Crippen molar-refractivity contribution in [3.8, 4) is 5.75 Å². The van der Waals surface area contributed by atoms with Crippen LogP contribution in [-0.4, -0.2) is 17.1 Å². The highest BCUT2D eigenvalue weighted by Crippen LogP contribution is 2.36. The first kappa shape index (κ1) is 15.1. The van der Waals surface area contributed by atoms with E-state index in [4.69, 9.17) is 4.74 Å². The lowest BCUT2D eigenvalue weighted by atomic mass is 10.2. The number of halogens is 1. The standard InChI is InChI=1S/C16H12BrNO3S/c1-9-15(19)18-13-8-10(2-7-14(13)22-9)16(20)21-12-5-3-11(17)4-6-12/h2-9H,1H3,(H,18,19). The molecule has 22 heavy (non-hydrogen) atoms. The summed E-state index contributed by atoms with van der Waals surface area (Å²) in [5, 5.41) is 2.67. The molecule has 0 bridgehead atoms. The van der Waals surface area contributed by atoms with Crippen LogP contribution in [-0.2, 0) is 4.79 Å². The summed E-state index contributed by atoms with van der Waals surface area (Å²) < 4.78 is 6.23. The summed E-state index contributed by atoms with van der Waals surface area (Å²) in [5.41, 5.74) is 1.05. The Hall–Kier alpha value is -1.79. The van der Waals surface area contributed by atoms with Crippen LogP contribution in [0.5, 0.6) is 5.75 Å². The number of esters is 1. The van der Waals surface area contributed by atoms with Crippen molar-refractivity contribution in [1.29, 1.82) is 0 Å². The van der Waals surface area contributed by atoms with Crippen LogP contribution in [0.25, 0.3) is 0 Å². The van der Waals surface area contributed by atoms with Crippen molar-refractivity contribution in [3.63, 3.8) is 0 Å². The van der Waals surface area contributed by atoms with Crippen molar-refractivity contribution >= 4 is 45.3 Å².